The molecule has 2 aromatic carbocycles. The standard InChI is InChI=1S/C19H16O6/c1-24-16(21)10-14(11-6-8-12(20)9-7-11)19-18(23)17(22)13-4-2-3-5-15(13)25-19/h2-9,14,20,23H,10H2,1H3/t14-/m0/s1. The topological polar surface area (TPSA) is 97.0 Å². The van der Waals surface area contributed by atoms with Crippen LogP contribution in [0.5, 0.6) is 11.5 Å². The Kier molecular flexibility index (Phi) is 4.43. The van der Waals surface area contributed by atoms with Crippen LogP contribution in [0.25, 0.3) is 11.0 Å². The number of carbonyl (C=O) groups is 1. The first-order valence-electron chi connectivity index (χ1n) is 7.61. The summed E-state index contributed by atoms with van der Waals surface area (Å²) in [6.07, 6.45) is -0.129. The highest BCUT2D eigenvalue weighted by atomic mass is 16.5. The van der Waals surface area contributed by atoms with Crippen molar-refractivity contribution in [2.75, 3.05) is 7.11 Å². The lowest BCUT2D eigenvalue weighted by atomic mass is 9.92. The molecule has 0 aliphatic carbocycles. The van der Waals surface area contributed by atoms with E-state index in [1.165, 1.54) is 19.2 Å². The Morgan fingerprint density at radius 3 is 2.48 bits per heavy atom. The molecule has 3 aromatic rings. The summed E-state index contributed by atoms with van der Waals surface area (Å²) in [5.41, 5.74) is 0.344. The summed E-state index contributed by atoms with van der Waals surface area (Å²) >= 11 is 0. The third-order valence-electron chi connectivity index (χ3n) is 4.01. The van der Waals surface area contributed by atoms with E-state index in [2.05, 4.69) is 0 Å². The van der Waals surface area contributed by atoms with Gasteiger partial charge in [0.2, 0.25) is 11.2 Å². The van der Waals surface area contributed by atoms with Crippen LogP contribution >= 0.6 is 0 Å². The maximum absolute atomic E-state index is 12.4. The van der Waals surface area contributed by atoms with Crippen molar-refractivity contribution in [3.63, 3.8) is 0 Å². The summed E-state index contributed by atoms with van der Waals surface area (Å²) < 4.78 is 10.5. The van der Waals surface area contributed by atoms with Crippen LogP contribution in [0.4, 0.5) is 0 Å². The average molecular weight is 340 g/mol. The van der Waals surface area contributed by atoms with Gasteiger partial charge in [0.1, 0.15) is 11.3 Å². The second kappa shape index (κ2) is 6.68. The van der Waals surface area contributed by atoms with Crippen molar-refractivity contribution in [3.05, 3.63) is 70.1 Å². The van der Waals surface area contributed by atoms with Crippen LogP contribution < -0.4 is 5.43 Å². The number of fused-ring (bicyclic) bond motifs is 1. The van der Waals surface area contributed by atoms with Gasteiger partial charge in [0, 0.05) is 0 Å². The molecule has 2 N–H and O–H groups in total. The highest BCUT2D eigenvalue weighted by Gasteiger charge is 2.27. The molecule has 0 bridgehead atoms. The van der Waals surface area contributed by atoms with Gasteiger partial charge in [0.05, 0.1) is 24.8 Å². The molecule has 3 rings (SSSR count). The first kappa shape index (κ1) is 16.6. The smallest absolute Gasteiger partial charge is 0.306 e. The molecule has 25 heavy (non-hydrogen) atoms. The van der Waals surface area contributed by atoms with Crippen LogP contribution in [-0.2, 0) is 9.53 Å². The fourth-order valence-corrected chi connectivity index (χ4v) is 2.70. The molecule has 1 atom stereocenters. The van der Waals surface area contributed by atoms with Gasteiger partial charge in [-0.2, -0.15) is 0 Å². The van der Waals surface area contributed by atoms with Crippen molar-refractivity contribution < 1.29 is 24.2 Å². The highest BCUT2D eigenvalue weighted by molar-refractivity contribution is 5.78. The van der Waals surface area contributed by atoms with E-state index in [9.17, 15) is 19.8 Å². The first-order chi connectivity index (χ1) is 12.0. The highest BCUT2D eigenvalue weighted by Crippen LogP contribution is 2.35. The minimum Gasteiger partial charge on any atom is -0.508 e. The summed E-state index contributed by atoms with van der Waals surface area (Å²) in [6, 6.07) is 12.7. The molecule has 0 radical (unpaired) electrons. The number of para-hydroxylation sites is 1. The molecular formula is C19H16O6. The number of aromatic hydroxyl groups is 2. The van der Waals surface area contributed by atoms with Crippen molar-refractivity contribution in [2.24, 2.45) is 0 Å². The Balaban J connectivity index is 2.20. The fourth-order valence-electron chi connectivity index (χ4n) is 2.70. The minimum atomic E-state index is -0.731. The Hall–Kier alpha value is -3.28. The SMILES string of the molecule is COC(=O)C[C@@H](c1ccc(O)cc1)c1oc2ccccc2c(=O)c1O. The van der Waals surface area contributed by atoms with E-state index < -0.39 is 23.1 Å². The van der Waals surface area contributed by atoms with Gasteiger partial charge in [0.25, 0.3) is 0 Å². The number of phenols is 1. The fraction of sp³-hybridized carbons (Fsp3) is 0.158. The first-order valence-corrected chi connectivity index (χ1v) is 7.61. The number of carbonyl (C=O) groups excluding carboxylic acids is 1. The summed E-state index contributed by atoms with van der Waals surface area (Å²) in [5.74, 6) is -1.75. The molecule has 0 saturated carbocycles. The van der Waals surface area contributed by atoms with Crippen LogP contribution in [0.3, 0.4) is 0 Å². The maximum atomic E-state index is 12.4. The van der Waals surface area contributed by atoms with Gasteiger partial charge in [-0.3, -0.25) is 9.59 Å². The largest absolute Gasteiger partial charge is 0.508 e. The van der Waals surface area contributed by atoms with E-state index in [0.29, 0.717) is 11.1 Å². The van der Waals surface area contributed by atoms with Gasteiger partial charge < -0.3 is 19.4 Å². The van der Waals surface area contributed by atoms with Crippen molar-refractivity contribution in [1.82, 2.24) is 0 Å². The van der Waals surface area contributed by atoms with E-state index in [-0.39, 0.29) is 23.3 Å². The third kappa shape index (κ3) is 3.19. The van der Waals surface area contributed by atoms with Gasteiger partial charge in [-0.15, -0.1) is 0 Å². The molecular weight excluding hydrogens is 324 g/mol. The number of hydrogen-bond donors (Lipinski definition) is 2. The van der Waals surface area contributed by atoms with E-state index in [1.54, 1.807) is 36.4 Å². The predicted octanol–water partition coefficient (Wildman–Crippen LogP) is 2.90. The third-order valence-corrected chi connectivity index (χ3v) is 4.01. The molecule has 0 saturated heterocycles. The van der Waals surface area contributed by atoms with Crippen LogP contribution in [0.15, 0.2) is 57.7 Å². The molecule has 6 heteroatoms. The van der Waals surface area contributed by atoms with Crippen LogP contribution in [0.1, 0.15) is 23.7 Å². The van der Waals surface area contributed by atoms with Crippen LogP contribution in [0.2, 0.25) is 0 Å². The lowest BCUT2D eigenvalue weighted by molar-refractivity contribution is -0.140. The predicted molar refractivity (Wildman–Crippen MR) is 90.7 cm³/mol. The molecule has 128 valence electrons. The number of rotatable bonds is 4. The zero-order valence-electron chi connectivity index (χ0n) is 13.4. The number of ether oxygens (including phenoxy) is 1. The van der Waals surface area contributed by atoms with Crippen molar-refractivity contribution in [1.29, 1.82) is 0 Å². The monoisotopic (exact) mass is 340 g/mol. The number of phenolic OH excluding ortho intramolecular Hbond substituents is 1. The molecule has 0 unspecified atom stereocenters. The van der Waals surface area contributed by atoms with Crippen LogP contribution in [-0.4, -0.2) is 23.3 Å². The Morgan fingerprint density at radius 1 is 1.12 bits per heavy atom. The Labute approximate surface area is 142 Å². The van der Waals surface area contributed by atoms with Crippen LogP contribution in [0, 0.1) is 0 Å². The van der Waals surface area contributed by atoms with Gasteiger partial charge in [-0.25, -0.2) is 0 Å². The van der Waals surface area contributed by atoms with E-state index in [0.717, 1.165) is 0 Å². The van der Waals surface area contributed by atoms with E-state index >= 15 is 0 Å². The van der Waals surface area contributed by atoms with Crippen molar-refractivity contribution in [3.8, 4) is 11.5 Å². The molecule has 1 heterocycles. The minimum absolute atomic E-state index is 0.0141. The zero-order chi connectivity index (χ0) is 18.0. The molecule has 6 nitrogen and oxygen atoms in total. The van der Waals surface area contributed by atoms with Crippen molar-refractivity contribution >= 4 is 16.9 Å². The summed E-state index contributed by atoms with van der Waals surface area (Å²) in [5, 5.41) is 20.1. The normalized spacial score (nSPS) is 12.0. The van der Waals surface area contributed by atoms with Gasteiger partial charge in [0.15, 0.2) is 5.76 Å². The lowest BCUT2D eigenvalue weighted by Gasteiger charge is -2.17. The summed E-state index contributed by atoms with van der Waals surface area (Å²) in [6.45, 7) is 0. The molecule has 0 aliphatic rings. The van der Waals surface area contributed by atoms with Crippen molar-refractivity contribution in [2.45, 2.75) is 12.3 Å². The van der Waals surface area contributed by atoms with E-state index in [1.807, 2.05) is 0 Å². The number of benzene rings is 2. The van der Waals surface area contributed by atoms with E-state index in [4.69, 9.17) is 9.15 Å². The summed E-state index contributed by atoms with van der Waals surface area (Å²) in [7, 11) is 1.26. The van der Waals surface area contributed by atoms with Gasteiger partial charge in [-0.05, 0) is 29.8 Å². The number of esters is 1. The molecule has 0 spiro atoms. The second-order valence-electron chi connectivity index (χ2n) is 5.56. The van der Waals surface area contributed by atoms with Gasteiger partial charge >= 0.3 is 5.97 Å². The van der Waals surface area contributed by atoms with Gasteiger partial charge in [-0.1, -0.05) is 24.3 Å². The molecule has 0 amide bonds. The Morgan fingerprint density at radius 2 is 1.80 bits per heavy atom. The molecule has 0 fully saturated rings. The maximum Gasteiger partial charge on any atom is 0.306 e. The zero-order valence-corrected chi connectivity index (χ0v) is 13.4. The second-order valence-corrected chi connectivity index (χ2v) is 5.56. The molecule has 1 aromatic heterocycles. The lowest BCUT2D eigenvalue weighted by Crippen LogP contribution is -2.13. The number of methoxy groups -OCH3 is 1. The Bertz CT molecular complexity index is 971. The average Bonchev–Trinajstić information content (AvgIpc) is 2.63. The molecule has 0 aliphatic heterocycles. The quantitative estimate of drug-likeness (QED) is 0.709. The number of hydrogen-bond acceptors (Lipinski definition) is 6. The summed E-state index contributed by atoms with van der Waals surface area (Å²) in [4.78, 5) is 24.3.